The molecule has 0 unspecified atom stereocenters. The molecule has 1 saturated carbocycles. The number of hydrogen-bond acceptors (Lipinski definition) is 9. The van der Waals surface area contributed by atoms with Crippen LogP contribution in [-0.4, -0.2) is 52.3 Å². The quantitative estimate of drug-likeness (QED) is 0.259. The molecule has 5 N–H and O–H groups in total. The number of amides is 1. The maximum atomic E-state index is 13.0. The molecule has 4 aromatic rings. The lowest BCUT2D eigenvalue weighted by atomic mass is 10.0. The monoisotopic (exact) mass is 537 g/mol. The Morgan fingerprint density at radius 3 is 2.42 bits per heavy atom. The van der Waals surface area contributed by atoms with E-state index in [0.717, 1.165) is 37.7 Å². The number of rotatable bonds is 8. The number of aromatic nitrogens is 3. The highest BCUT2D eigenvalue weighted by Crippen LogP contribution is 2.40. The van der Waals surface area contributed by atoms with Gasteiger partial charge >= 0.3 is 0 Å². The molecule has 0 atom stereocenters. The Labute approximate surface area is 232 Å². The van der Waals surface area contributed by atoms with Crippen LogP contribution in [-0.2, 0) is 11.3 Å². The predicted molar refractivity (Wildman–Crippen MR) is 155 cm³/mol. The van der Waals surface area contributed by atoms with E-state index in [0.29, 0.717) is 28.3 Å². The number of nitrogen functional groups attached to an aromatic ring is 1. The minimum Gasteiger partial charge on any atom is -0.392 e. The Bertz CT molecular complexity index is 1500. The van der Waals surface area contributed by atoms with Gasteiger partial charge in [-0.15, -0.1) is 0 Å². The summed E-state index contributed by atoms with van der Waals surface area (Å²) in [5.74, 6) is 0.958. The van der Waals surface area contributed by atoms with Crippen LogP contribution in [0.15, 0.2) is 66.7 Å². The lowest BCUT2D eigenvalue weighted by molar-refractivity contribution is 0.102. The van der Waals surface area contributed by atoms with Crippen molar-refractivity contribution in [3.8, 4) is 11.4 Å². The van der Waals surface area contributed by atoms with Crippen molar-refractivity contribution in [3.05, 3.63) is 83.4 Å². The maximum Gasteiger partial charge on any atom is 0.255 e. The Hall–Kier alpha value is -4.54. The van der Waals surface area contributed by atoms with E-state index in [4.69, 9.17) is 10.5 Å². The molecule has 2 fully saturated rings. The summed E-state index contributed by atoms with van der Waals surface area (Å²) < 4.78 is 5.43. The smallest absolute Gasteiger partial charge is 0.255 e. The Morgan fingerprint density at radius 1 is 0.975 bits per heavy atom. The molecule has 1 aliphatic carbocycles. The van der Waals surface area contributed by atoms with Gasteiger partial charge < -0.3 is 31.1 Å². The van der Waals surface area contributed by atoms with Crippen molar-refractivity contribution in [2.75, 3.05) is 47.6 Å². The van der Waals surface area contributed by atoms with Gasteiger partial charge in [-0.05, 0) is 66.8 Å². The second-order valence-corrected chi connectivity index (χ2v) is 9.95. The topological polar surface area (TPSA) is 139 Å². The van der Waals surface area contributed by atoms with Gasteiger partial charge in [0, 0.05) is 46.8 Å². The van der Waals surface area contributed by atoms with Crippen LogP contribution < -0.4 is 21.3 Å². The summed E-state index contributed by atoms with van der Waals surface area (Å²) in [6.07, 6.45) is 2.41. The maximum absolute atomic E-state index is 13.0. The van der Waals surface area contributed by atoms with Crippen molar-refractivity contribution in [3.63, 3.8) is 0 Å². The van der Waals surface area contributed by atoms with Gasteiger partial charge in [0.1, 0.15) is 0 Å². The number of ether oxygens (including phenoxy) is 1. The molecule has 0 spiro atoms. The Morgan fingerprint density at radius 2 is 1.73 bits per heavy atom. The molecular formula is C30H31N7O3. The summed E-state index contributed by atoms with van der Waals surface area (Å²) in [4.78, 5) is 28.4. The van der Waals surface area contributed by atoms with Crippen LogP contribution >= 0.6 is 0 Å². The fourth-order valence-corrected chi connectivity index (χ4v) is 4.88. The molecule has 1 aromatic heterocycles. The average molecular weight is 538 g/mol. The first-order chi connectivity index (χ1) is 19.6. The van der Waals surface area contributed by atoms with E-state index >= 15 is 0 Å². The van der Waals surface area contributed by atoms with Gasteiger partial charge in [0.25, 0.3) is 5.91 Å². The number of anilines is 5. The van der Waals surface area contributed by atoms with Crippen LogP contribution in [0.25, 0.3) is 11.4 Å². The molecule has 2 aliphatic rings. The third kappa shape index (κ3) is 5.73. The lowest BCUT2D eigenvalue weighted by Gasteiger charge is -2.28. The molecule has 1 saturated heterocycles. The molecule has 3 aromatic carbocycles. The average Bonchev–Trinajstić information content (AvgIpc) is 3.84. The fourth-order valence-electron chi connectivity index (χ4n) is 4.88. The summed E-state index contributed by atoms with van der Waals surface area (Å²) in [6.45, 7) is 2.84. The largest absolute Gasteiger partial charge is 0.392 e. The van der Waals surface area contributed by atoms with E-state index in [2.05, 4.69) is 30.5 Å². The molecule has 10 nitrogen and oxygen atoms in total. The van der Waals surface area contributed by atoms with Gasteiger partial charge in [-0.2, -0.15) is 15.0 Å². The van der Waals surface area contributed by atoms with Crippen molar-refractivity contribution in [2.45, 2.75) is 25.4 Å². The van der Waals surface area contributed by atoms with Crippen molar-refractivity contribution < 1.29 is 14.6 Å². The Kier molecular flexibility index (Phi) is 7.26. The first-order valence-corrected chi connectivity index (χ1v) is 13.4. The van der Waals surface area contributed by atoms with Crippen LogP contribution in [0.2, 0.25) is 0 Å². The SMILES string of the molecule is Nc1nc(Nc2ccc(N3CCOCC3)cc2)nc(-c2cccc(NC(=O)c3ccc(C4CC4)cc3)c2CO)n1. The number of morpholine rings is 1. The number of nitrogens with one attached hydrogen (secondary N) is 2. The van der Waals surface area contributed by atoms with Crippen molar-refractivity contribution in [2.24, 2.45) is 0 Å². The number of carbonyl (C=O) groups is 1. The predicted octanol–water partition coefficient (Wildman–Crippen LogP) is 4.32. The van der Waals surface area contributed by atoms with Gasteiger partial charge in [0.05, 0.1) is 19.8 Å². The van der Waals surface area contributed by atoms with Crippen LogP contribution in [0.3, 0.4) is 0 Å². The van der Waals surface area contributed by atoms with Crippen molar-refractivity contribution in [1.29, 1.82) is 0 Å². The highest BCUT2D eigenvalue weighted by molar-refractivity contribution is 6.05. The van der Waals surface area contributed by atoms with Gasteiger partial charge in [-0.1, -0.05) is 24.3 Å². The van der Waals surface area contributed by atoms with Crippen LogP contribution in [0.1, 0.15) is 40.2 Å². The van der Waals surface area contributed by atoms with E-state index in [1.54, 1.807) is 18.2 Å². The van der Waals surface area contributed by atoms with Gasteiger partial charge in [0.2, 0.25) is 11.9 Å². The van der Waals surface area contributed by atoms with E-state index in [1.165, 1.54) is 18.4 Å². The molecular weight excluding hydrogens is 506 g/mol. The summed E-state index contributed by atoms with van der Waals surface area (Å²) in [7, 11) is 0. The number of nitrogens with zero attached hydrogens (tertiary/aromatic N) is 4. The first kappa shape index (κ1) is 25.7. The van der Waals surface area contributed by atoms with Crippen LogP contribution in [0, 0.1) is 0 Å². The third-order valence-electron chi connectivity index (χ3n) is 7.20. The molecule has 1 aliphatic heterocycles. The molecule has 204 valence electrons. The molecule has 2 heterocycles. The number of carbonyl (C=O) groups excluding carboxylic acids is 1. The van der Waals surface area contributed by atoms with E-state index < -0.39 is 0 Å². The highest BCUT2D eigenvalue weighted by atomic mass is 16.5. The molecule has 40 heavy (non-hydrogen) atoms. The van der Waals surface area contributed by atoms with E-state index in [1.807, 2.05) is 48.5 Å². The molecule has 0 bridgehead atoms. The minimum absolute atomic E-state index is 0.0338. The first-order valence-electron chi connectivity index (χ1n) is 13.4. The van der Waals surface area contributed by atoms with Gasteiger partial charge in [-0.3, -0.25) is 4.79 Å². The highest BCUT2D eigenvalue weighted by Gasteiger charge is 2.23. The van der Waals surface area contributed by atoms with Crippen LogP contribution in [0.5, 0.6) is 0 Å². The molecule has 6 rings (SSSR count). The number of hydrogen-bond donors (Lipinski definition) is 4. The van der Waals surface area contributed by atoms with Gasteiger partial charge in [0.15, 0.2) is 5.82 Å². The molecule has 10 heteroatoms. The van der Waals surface area contributed by atoms with E-state index in [-0.39, 0.29) is 30.2 Å². The number of nitrogens with two attached hydrogens (primary N) is 1. The van der Waals surface area contributed by atoms with Gasteiger partial charge in [-0.25, -0.2) is 0 Å². The summed E-state index contributed by atoms with van der Waals surface area (Å²) in [5.41, 5.74) is 11.3. The van der Waals surface area contributed by atoms with Crippen molar-refractivity contribution in [1.82, 2.24) is 15.0 Å². The zero-order valence-electron chi connectivity index (χ0n) is 22.0. The fraction of sp³-hybridized carbons (Fsp3) is 0.267. The normalized spacial score (nSPS) is 15.1. The summed E-state index contributed by atoms with van der Waals surface area (Å²) >= 11 is 0. The molecule has 1 amide bonds. The Balaban J connectivity index is 1.21. The lowest BCUT2D eigenvalue weighted by Crippen LogP contribution is -2.36. The minimum atomic E-state index is -0.330. The summed E-state index contributed by atoms with van der Waals surface area (Å²) in [5, 5.41) is 16.4. The number of benzene rings is 3. The zero-order valence-corrected chi connectivity index (χ0v) is 22.0. The number of aliphatic hydroxyl groups is 1. The number of aliphatic hydroxyl groups excluding tert-OH is 1. The standard InChI is InChI=1S/C30H31N7O3/c31-29-34-27(35-30(36-29)32-22-10-12-23(13-11-22)37-14-16-40-17-15-37)24-2-1-3-26(25(24)18-38)33-28(39)21-8-6-20(7-9-21)19-4-5-19/h1-3,6-13,19,38H,4-5,14-18H2,(H,33,39)(H3,31,32,34,35,36). The zero-order chi connectivity index (χ0) is 27.5. The second-order valence-electron chi connectivity index (χ2n) is 9.95. The summed E-state index contributed by atoms with van der Waals surface area (Å²) in [6, 6.07) is 21.0. The van der Waals surface area contributed by atoms with Crippen LogP contribution in [0.4, 0.5) is 29.0 Å². The molecule has 0 radical (unpaired) electrons. The van der Waals surface area contributed by atoms with E-state index in [9.17, 15) is 9.90 Å². The van der Waals surface area contributed by atoms with Crippen molar-refractivity contribution >= 4 is 34.9 Å². The third-order valence-corrected chi connectivity index (χ3v) is 7.20. The second kappa shape index (κ2) is 11.3.